The molecule has 0 aliphatic carbocycles. The molecule has 1 aromatic heterocycles. The summed E-state index contributed by atoms with van der Waals surface area (Å²) in [7, 11) is 0. The number of aryl methyl sites for hydroxylation is 1. The van der Waals surface area contributed by atoms with Crippen LogP contribution in [0.3, 0.4) is 0 Å². The molecule has 2 unspecified atom stereocenters. The summed E-state index contributed by atoms with van der Waals surface area (Å²) < 4.78 is 0. The van der Waals surface area contributed by atoms with Crippen LogP contribution in [-0.2, 0) is 11.3 Å². The van der Waals surface area contributed by atoms with Gasteiger partial charge >= 0.3 is 5.97 Å². The number of hydrogen-bond acceptors (Lipinski definition) is 5. The zero-order valence-electron chi connectivity index (χ0n) is 12.1. The van der Waals surface area contributed by atoms with E-state index in [1.165, 1.54) is 24.2 Å². The molecule has 5 N–H and O–H groups in total. The average Bonchev–Trinajstić information content (AvgIpc) is 2.78. The normalized spacial score (nSPS) is 14.2. The number of carboxylic acid groups (broad SMARTS) is 1. The Morgan fingerprint density at radius 1 is 1.50 bits per heavy atom. The lowest BCUT2D eigenvalue weighted by Crippen LogP contribution is -2.36. The molecule has 6 heteroatoms. The van der Waals surface area contributed by atoms with E-state index in [4.69, 9.17) is 10.8 Å². The van der Waals surface area contributed by atoms with Crippen molar-refractivity contribution >= 4 is 17.3 Å². The van der Waals surface area contributed by atoms with Crippen molar-refractivity contribution in [3.8, 4) is 0 Å². The fraction of sp³-hybridized carbons (Fsp3) is 0.643. The monoisotopic (exact) mass is 300 g/mol. The van der Waals surface area contributed by atoms with Crippen LogP contribution in [0.4, 0.5) is 0 Å². The van der Waals surface area contributed by atoms with Gasteiger partial charge in [-0.3, -0.25) is 4.79 Å². The van der Waals surface area contributed by atoms with Crippen LogP contribution in [0.1, 0.15) is 47.6 Å². The second-order valence-corrected chi connectivity index (χ2v) is 6.12. The summed E-state index contributed by atoms with van der Waals surface area (Å²) in [5.41, 5.74) is 6.36. The first-order valence-corrected chi connectivity index (χ1v) is 7.75. The van der Waals surface area contributed by atoms with Crippen LogP contribution >= 0.6 is 11.3 Å². The van der Waals surface area contributed by atoms with Crippen LogP contribution in [0.25, 0.3) is 0 Å². The third-order valence-corrected chi connectivity index (χ3v) is 4.47. The summed E-state index contributed by atoms with van der Waals surface area (Å²) in [5, 5.41) is 22.2. The Hall–Kier alpha value is -0.950. The molecule has 1 aromatic rings. The van der Waals surface area contributed by atoms with Gasteiger partial charge in [-0.2, -0.15) is 0 Å². The van der Waals surface area contributed by atoms with Crippen molar-refractivity contribution in [2.45, 2.75) is 51.8 Å². The van der Waals surface area contributed by atoms with Gasteiger partial charge < -0.3 is 21.3 Å². The van der Waals surface area contributed by atoms with E-state index < -0.39 is 18.1 Å². The number of carbonyl (C=O) groups is 1. The van der Waals surface area contributed by atoms with E-state index in [1.54, 1.807) is 0 Å². The predicted molar refractivity (Wildman–Crippen MR) is 80.9 cm³/mol. The largest absolute Gasteiger partial charge is 0.480 e. The van der Waals surface area contributed by atoms with Gasteiger partial charge in [0.1, 0.15) is 12.1 Å². The number of aliphatic hydroxyl groups is 1. The fourth-order valence-corrected chi connectivity index (χ4v) is 3.13. The van der Waals surface area contributed by atoms with Gasteiger partial charge in [0.25, 0.3) is 0 Å². The fourth-order valence-electron chi connectivity index (χ4n) is 1.95. The van der Waals surface area contributed by atoms with Gasteiger partial charge in [0.05, 0.1) is 0 Å². The number of aliphatic hydroxyl groups excluding tert-OH is 1. The first kappa shape index (κ1) is 17.1. The summed E-state index contributed by atoms with van der Waals surface area (Å²) >= 11 is 1.42. The highest BCUT2D eigenvalue weighted by molar-refractivity contribution is 7.12. The number of carboxylic acids is 1. The second-order valence-electron chi connectivity index (χ2n) is 4.95. The number of aliphatic carboxylic acids is 1. The standard InChI is InChI=1S/C14H24N2O3S/c1-3-4-5-6-16-8-10-7-9(2)13(20-10)12(17)11(15)14(18)19/h7,11-12,16-17H,3-6,8,15H2,1-2H3,(H,18,19). The van der Waals surface area contributed by atoms with Gasteiger partial charge in [-0.1, -0.05) is 19.8 Å². The molecule has 0 spiro atoms. The minimum atomic E-state index is -1.28. The second kappa shape index (κ2) is 8.36. The number of hydrogen-bond donors (Lipinski definition) is 4. The Kier molecular flexibility index (Phi) is 7.15. The molecule has 1 rings (SSSR count). The summed E-state index contributed by atoms with van der Waals surface area (Å²) in [6.07, 6.45) is 2.42. The molecule has 1 heterocycles. The van der Waals surface area contributed by atoms with Crippen molar-refractivity contribution in [1.29, 1.82) is 0 Å². The van der Waals surface area contributed by atoms with Crippen LogP contribution in [0.5, 0.6) is 0 Å². The molecule has 0 aliphatic heterocycles. The van der Waals surface area contributed by atoms with Crippen LogP contribution in [0.2, 0.25) is 0 Å². The van der Waals surface area contributed by atoms with Crippen molar-refractivity contribution in [1.82, 2.24) is 5.32 Å². The number of thiophene rings is 1. The third kappa shape index (κ3) is 4.86. The van der Waals surface area contributed by atoms with E-state index in [1.807, 2.05) is 13.0 Å². The molecule has 0 radical (unpaired) electrons. The maximum atomic E-state index is 10.8. The van der Waals surface area contributed by atoms with Crippen molar-refractivity contribution in [2.24, 2.45) is 5.73 Å². The van der Waals surface area contributed by atoms with E-state index in [-0.39, 0.29) is 0 Å². The van der Waals surface area contributed by atoms with Crippen molar-refractivity contribution in [3.63, 3.8) is 0 Å². The molecule has 0 aromatic carbocycles. The zero-order valence-corrected chi connectivity index (χ0v) is 12.9. The first-order valence-electron chi connectivity index (χ1n) is 6.93. The first-order chi connectivity index (χ1) is 9.47. The average molecular weight is 300 g/mol. The van der Waals surface area contributed by atoms with E-state index in [0.29, 0.717) is 4.88 Å². The van der Waals surface area contributed by atoms with Crippen LogP contribution < -0.4 is 11.1 Å². The van der Waals surface area contributed by atoms with E-state index in [0.717, 1.165) is 30.0 Å². The van der Waals surface area contributed by atoms with Crippen molar-refractivity contribution in [3.05, 3.63) is 21.4 Å². The Morgan fingerprint density at radius 3 is 2.80 bits per heavy atom. The number of nitrogens with one attached hydrogen (secondary N) is 1. The topological polar surface area (TPSA) is 95.6 Å². The van der Waals surface area contributed by atoms with Gasteiger partial charge in [0.15, 0.2) is 0 Å². The lowest BCUT2D eigenvalue weighted by atomic mass is 10.1. The summed E-state index contributed by atoms with van der Waals surface area (Å²) in [4.78, 5) is 12.5. The number of nitrogens with two attached hydrogens (primary N) is 1. The molecular weight excluding hydrogens is 276 g/mol. The number of unbranched alkanes of at least 4 members (excludes halogenated alkanes) is 2. The minimum Gasteiger partial charge on any atom is -0.480 e. The lowest BCUT2D eigenvalue weighted by molar-refractivity contribution is -0.141. The molecule has 0 aliphatic rings. The highest BCUT2D eigenvalue weighted by Gasteiger charge is 2.26. The Morgan fingerprint density at radius 2 is 2.20 bits per heavy atom. The molecule has 20 heavy (non-hydrogen) atoms. The van der Waals surface area contributed by atoms with Gasteiger partial charge in [-0.15, -0.1) is 11.3 Å². The molecule has 2 atom stereocenters. The molecule has 0 fully saturated rings. The molecule has 0 amide bonds. The Balaban J connectivity index is 2.56. The van der Waals surface area contributed by atoms with E-state index >= 15 is 0 Å². The number of rotatable bonds is 9. The summed E-state index contributed by atoms with van der Waals surface area (Å²) in [6.45, 7) is 5.74. The molecule has 0 saturated carbocycles. The SMILES string of the molecule is CCCCCNCc1cc(C)c(C(O)C(N)C(=O)O)s1. The summed E-state index contributed by atoms with van der Waals surface area (Å²) in [6, 6.07) is 0.697. The highest BCUT2D eigenvalue weighted by Crippen LogP contribution is 2.29. The molecule has 0 bridgehead atoms. The van der Waals surface area contributed by atoms with Crippen molar-refractivity contribution in [2.75, 3.05) is 6.54 Å². The summed E-state index contributed by atoms with van der Waals surface area (Å²) in [5.74, 6) is -1.19. The van der Waals surface area contributed by atoms with Gasteiger partial charge in [0, 0.05) is 16.3 Å². The van der Waals surface area contributed by atoms with E-state index in [9.17, 15) is 9.90 Å². The maximum absolute atomic E-state index is 10.8. The van der Waals surface area contributed by atoms with Gasteiger partial charge in [0.2, 0.25) is 0 Å². The van der Waals surface area contributed by atoms with Gasteiger partial charge in [-0.05, 0) is 31.5 Å². The Bertz CT molecular complexity index is 434. The zero-order chi connectivity index (χ0) is 15.1. The van der Waals surface area contributed by atoms with Crippen LogP contribution in [0.15, 0.2) is 6.07 Å². The minimum absolute atomic E-state index is 0.644. The maximum Gasteiger partial charge on any atom is 0.323 e. The predicted octanol–water partition coefficient (Wildman–Crippen LogP) is 1.78. The quantitative estimate of drug-likeness (QED) is 0.521. The van der Waals surface area contributed by atoms with Gasteiger partial charge in [-0.25, -0.2) is 0 Å². The smallest absolute Gasteiger partial charge is 0.323 e. The van der Waals surface area contributed by atoms with Crippen LogP contribution in [0, 0.1) is 6.92 Å². The molecular formula is C14H24N2O3S. The molecule has 5 nitrogen and oxygen atoms in total. The third-order valence-electron chi connectivity index (χ3n) is 3.16. The van der Waals surface area contributed by atoms with Crippen LogP contribution in [-0.4, -0.2) is 28.8 Å². The molecule has 0 saturated heterocycles. The van der Waals surface area contributed by atoms with Crippen molar-refractivity contribution < 1.29 is 15.0 Å². The molecule has 114 valence electrons. The van der Waals surface area contributed by atoms with E-state index in [2.05, 4.69) is 12.2 Å². The Labute approximate surface area is 123 Å². The highest BCUT2D eigenvalue weighted by atomic mass is 32.1. The lowest BCUT2D eigenvalue weighted by Gasteiger charge is -2.14.